The highest BCUT2D eigenvalue weighted by Crippen LogP contribution is 2.38. The van der Waals surface area contributed by atoms with E-state index in [9.17, 15) is 4.79 Å². The zero-order valence-electron chi connectivity index (χ0n) is 8.24. The fraction of sp³-hybridized carbons (Fsp3) is 0.364. The van der Waals surface area contributed by atoms with Gasteiger partial charge in [0, 0.05) is 0 Å². The lowest BCUT2D eigenvalue weighted by Gasteiger charge is -2.07. The summed E-state index contributed by atoms with van der Waals surface area (Å²) < 4.78 is 10.6. The summed E-state index contributed by atoms with van der Waals surface area (Å²) in [5, 5.41) is 0. The summed E-state index contributed by atoms with van der Waals surface area (Å²) in [6.07, 6.45) is 0.359. The first kappa shape index (κ1) is 9.06. The molecule has 1 heterocycles. The van der Waals surface area contributed by atoms with Crippen molar-refractivity contribution in [2.24, 2.45) is 0 Å². The molecule has 1 aliphatic rings. The normalized spacial score (nSPS) is 19.0. The number of benzene rings is 1. The number of Topliss-reactive ketones (excluding diaryl/α,β-unsaturated/α-hetero) is 1. The van der Waals surface area contributed by atoms with Gasteiger partial charge in [0.15, 0.2) is 17.6 Å². The Morgan fingerprint density at radius 1 is 1.50 bits per heavy atom. The van der Waals surface area contributed by atoms with E-state index in [4.69, 9.17) is 9.47 Å². The minimum atomic E-state index is -0.332. The predicted molar refractivity (Wildman–Crippen MR) is 52.0 cm³/mol. The molecule has 0 bridgehead atoms. The molecule has 0 fully saturated rings. The van der Waals surface area contributed by atoms with Crippen molar-refractivity contribution in [1.82, 2.24) is 0 Å². The Kier molecular flexibility index (Phi) is 2.15. The average molecular weight is 192 g/mol. The largest absolute Gasteiger partial charge is 0.493 e. The van der Waals surface area contributed by atoms with Crippen LogP contribution in [0, 0.1) is 0 Å². The van der Waals surface area contributed by atoms with Crippen LogP contribution in [0.2, 0.25) is 0 Å². The first-order chi connectivity index (χ1) is 6.77. The van der Waals surface area contributed by atoms with E-state index in [1.54, 1.807) is 25.3 Å². The number of carbonyl (C=O) groups excluding carboxylic acids is 1. The fourth-order valence-corrected chi connectivity index (χ4v) is 1.63. The fourth-order valence-electron chi connectivity index (χ4n) is 1.63. The third kappa shape index (κ3) is 1.16. The van der Waals surface area contributed by atoms with Crippen molar-refractivity contribution in [3.63, 3.8) is 0 Å². The molecule has 1 atom stereocenters. The maximum Gasteiger partial charge on any atom is 0.207 e. The molecule has 2 rings (SSSR count). The van der Waals surface area contributed by atoms with Gasteiger partial charge in [0.05, 0.1) is 12.7 Å². The zero-order valence-corrected chi connectivity index (χ0v) is 8.24. The highest BCUT2D eigenvalue weighted by Gasteiger charge is 2.32. The molecule has 0 amide bonds. The first-order valence-corrected chi connectivity index (χ1v) is 4.65. The van der Waals surface area contributed by atoms with Crippen molar-refractivity contribution in [2.75, 3.05) is 7.11 Å². The van der Waals surface area contributed by atoms with Gasteiger partial charge in [-0.25, -0.2) is 0 Å². The second-order valence-electron chi connectivity index (χ2n) is 3.22. The molecule has 1 aromatic rings. The molecule has 0 aromatic heterocycles. The van der Waals surface area contributed by atoms with E-state index in [1.165, 1.54) is 0 Å². The number of para-hydroxylation sites is 1. The van der Waals surface area contributed by atoms with E-state index in [2.05, 4.69) is 0 Å². The van der Waals surface area contributed by atoms with Crippen LogP contribution in [0.5, 0.6) is 11.5 Å². The van der Waals surface area contributed by atoms with Crippen molar-refractivity contribution in [3.8, 4) is 11.5 Å². The molecule has 0 radical (unpaired) electrons. The second-order valence-corrected chi connectivity index (χ2v) is 3.22. The summed E-state index contributed by atoms with van der Waals surface area (Å²) in [6, 6.07) is 5.37. The number of hydrogen-bond acceptors (Lipinski definition) is 3. The SMILES string of the molecule is CCC1Oc2c(OC)cccc2C1=O. The van der Waals surface area contributed by atoms with E-state index in [-0.39, 0.29) is 11.9 Å². The summed E-state index contributed by atoms with van der Waals surface area (Å²) >= 11 is 0. The summed E-state index contributed by atoms with van der Waals surface area (Å²) in [5.41, 5.74) is 0.635. The minimum Gasteiger partial charge on any atom is -0.493 e. The lowest BCUT2D eigenvalue weighted by Crippen LogP contribution is -2.18. The first-order valence-electron chi connectivity index (χ1n) is 4.65. The molecule has 0 saturated carbocycles. The Balaban J connectivity index is 2.47. The summed E-state index contributed by atoms with van der Waals surface area (Å²) in [7, 11) is 1.57. The highest BCUT2D eigenvalue weighted by molar-refractivity contribution is 6.05. The monoisotopic (exact) mass is 192 g/mol. The molecule has 0 saturated heterocycles. The second kappa shape index (κ2) is 3.33. The van der Waals surface area contributed by atoms with Crippen LogP contribution in [0.4, 0.5) is 0 Å². The molecule has 0 N–H and O–H groups in total. The van der Waals surface area contributed by atoms with Crippen molar-refractivity contribution < 1.29 is 14.3 Å². The topological polar surface area (TPSA) is 35.5 Å². The Labute approximate surface area is 82.6 Å². The maximum absolute atomic E-state index is 11.7. The minimum absolute atomic E-state index is 0.0569. The van der Waals surface area contributed by atoms with Crippen molar-refractivity contribution in [1.29, 1.82) is 0 Å². The van der Waals surface area contributed by atoms with Gasteiger partial charge < -0.3 is 9.47 Å². The smallest absolute Gasteiger partial charge is 0.207 e. The predicted octanol–water partition coefficient (Wildman–Crippen LogP) is 2.05. The van der Waals surface area contributed by atoms with E-state index in [0.29, 0.717) is 23.5 Å². The van der Waals surface area contributed by atoms with Gasteiger partial charge in [-0.2, -0.15) is 0 Å². The maximum atomic E-state index is 11.7. The van der Waals surface area contributed by atoms with Crippen LogP contribution >= 0.6 is 0 Å². The zero-order chi connectivity index (χ0) is 10.1. The van der Waals surface area contributed by atoms with Crippen LogP contribution in [0.15, 0.2) is 18.2 Å². The van der Waals surface area contributed by atoms with Crippen LogP contribution in [0.25, 0.3) is 0 Å². The van der Waals surface area contributed by atoms with E-state index in [1.807, 2.05) is 6.92 Å². The molecule has 0 spiro atoms. The number of rotatable bonds is 2. The van der Waals surface area contributed by atoms with Gasteiger partial charge in [-0.1, -0.05) is 13.0 Å². The Morgan fingerprint density at radius 3 is 2.93 bits per heavy atom. The van der Waals surface area contributed by atoms with E-state index in [0.717, 1.165) is 0 Å². The quantitative estimate of drug-likeness (QED) is 0.719. The average Bonchev–Trinajstić information content (AvgIpc) is 2.55. The van der Waals surface area contributed by atoms with E-state index < -0.39 is 0 Å². The number of methoxy groups -OCH3 is 1. The summed E-state index contributed by atoms with van der Waals surface area (Å²) in [4.78, 5) is 11.7. The van der Waals surface area contributed by atoms with Crippen LogP contribution < -0.4 is 9.47 Å². The van der Waals surface area contributed by atoms with Gasteiger partial charge in [0.1, 0.15) is 0 Å². The van der Waals surface area contributed by atoms with Gasteiger partial charge >= 0.3 is 0 Å². The molecule has 3 nitrogen and oxygen atoms in total. The molecule has 74 valence electrons. The van der Waals surface area contributed by atoms with Gasteiger partial charge in [-0.3, -0.25) is 4.79 Å². The lowest BCUT2D eigenvalue weighted by atomic mass is 10.1. The molecule has 0 aliphatic carbocycles. The number of carbonyl (C=O) groups is 1. The van der Waals surface area contributed by atoms with Crippen molar-refractivity contribution in [3.05, 3.63) is 23.8 Å². The molecule has 3 heteroatoms. The highest BCUT2D eigenvalue weighted by atomic mass is 16.5. The van der Waals surface area contributed by atoms with Crippen molar-refractivity contribution in [2.45, 2.75) is 19.4 Å². The van der Waals surface area contributed by atoms with Crippen LogP contribution in [-0.2, 0) is 0 Å². The van der Waals surface area contributed by atoms with Crippen LogP contribution in [0.3, 0.4) is 0 Å². The molecular weight excluding hydrogens is 180 g/mol. The number of fused-ring (bicyclic) bond motifs is 1. The lowest BCUT2D eigenvalue weighted by molar-refractivity contribution is 0.0851. The van der Waals surface area contributed by atoms with Crippen LogP contribution in [0.1, 0.15) is 23.7 Å². The Hall–Kier alpha value is -1.51. The molecule has 1 aliphatic heterocycles. The standard InChI is InChI=1S/C11H12O3/c1-3-8-10(12)7-5-4-6-9(13-2)11(7)14-8/h4-6,8H,3H2,1-2H3. The van der Waals surface area contributed by atoms with Gasteiger partial charge in [-0.05, 0) is 18.6 Å². The summed E-state index contributed by atoms with van der Waals surface area (Å²) in [6.45, 7) is 1.93. The van der Waals surface area contributed by atoms with E-state index >= 15 is 0 Å². The van der Waals surface area contributed by atoms with Gasteiger partial charge in [-0.15, -0.1) is 0 Å². The Morgan fingerprint density at radius 2 is 2.29 bits per heavy atom. The number of ether oxygens (including phenoxy) is 2. The molecular formula is C11H12O3. The molecule has 14 heavy (non-hydrogen) atoms. The van der Waals surface area contributed by atoms with Crippen LogP contribution in [-0.4, -0.2) is 19.0 Å². The third-order valence-electron chi connectivity index (χ3n) is 2.39. The molecule has 1 unspecified atom stereocenters. The number of hydrogen-bond donors (Lipinski definition) is 0. The number of ketones is 1. The molecule has 1 aromatic carbocycles. The third-order valence-corrected chi connectivity index (χ3v) is 2.39. The van der Waals surface area contributed by atoms with Crippen molar-refractivity contribution >= 4 is 5.78 Å². The van der Waals surface area contributed by atoms with Gasteiger partial charge in [0.25, 0.3) is 0 Å². The van der Waals surface area contributed by atoms with Gasteiger partial charge in [0.2, 0.25) is 5.78 Å². The summed E-state index contributed by atoms with van der Waals surface area (Å²) in [5.74, 6) is 1.28. The Bertz CT molecular complexity index is 371.